The van der Waals surface area contributed by atoms with E-state index in [9.17, 15) is 26.3 Å². The van der Waals surface area contributed by atoms with Crippen LogP contribution in [0.4, 0.5) is 26.3 Å². The summed E-state index contributed by atoms with van der Waals surface area (Å²) < 4.78 is 83.1. The van der Waals surface area contributed by atoms with Gasteiger partial charge in [-0.15, -0.1) is 0 Å². The summed E-state index contributed by atoms with van der Waals surface area (Å²) in [6.07, 6.45) is 0.0529. The second-order valence-electron chi connectivity index (χ2n) is 14.1. The van der Waals surface area contributed by atoms with Gasteiger partial charge in [-0.25, -0.2) is 0 Å². The predicted octanol–water partition coefficient (Wildman–Crippen LogP) is 7.18. The highest BCUT2D eigenvalue weighted by Gasteiger charge is 2.76. The van der Waals surface area contributed by atoms with Crippen molar-refractivity contribution < 1.29 is 26.3 Å². The molecule has 0 heterocycles. The summed E-state index contributed by atoms with van der Waals surface area (Å²) in [5.74, 6) is -1.11. The minimum Gasteiger partial charge on any atom is -0.328 e. The Morgan fingerprint density at radius 1 is 0.375 bits per heavy atom. The van der Waals surface area contributed by atoms with Crippen molar-refractivity contribution in [2.24, 2.45) is 57.4 Å². The standard InChI is InChI=1S/C15H24F6N2.C15H30N2/c16-14(17,18)13(15(19,20)21,9-1-5-11(22)6-2-9)10-3-7-12(23)8-4-10;1-15(2,11-3-7-13(16)8-4-11)12-5-9-14(17)10-6-12/h9-12H,1-8,22-23H2;11-14H,3-10,16-17H2,1-2H3. The lowest BCUT2D eigenvalue weighted by atomic mass is 9.57. The van der Waals surface area contributed by atoms with E-state index in [1.165, 1.54) is 51.4 Å². The van der Waals surface area contributed by atoms with Gasteiger partial charge in [0.2, 0.25) is 0 Å². The summed E-state index contributed by atoms with van der Waals surface area (Å²) >= 11 is 0. The first kappa shape index (κ1) is 33.9. The van der Waals surface area contributed by atoms with E-state index < -0.39 is 29.6 Å². The Morgan fingerprint density at radius 2 is 0.575 bits per heavy atom. The van der Waals surface area contributed by atoms with E-state index in [0.717, 1.165) is 11.8 Å². The van der Waals surface area contributed by atoms with E-state index in [0.29, 0.717) is 17.5 Å². The molecule has 40 heavy (non-hydrogen) atoms. The van der Waals surface area contributed by atoms with Crippen LogP contribution in [0.5, 0.6) is 0 Å². The van der Waals surface area contributed by atoms with Gasteiger partial charge in [-0.1, -0.05) is 13.8 Å². The second-order valence-corrected chi connectivity index (χ2v) is 14.1. The number of nitrogens with two attached hydrogens (primary N) is 4. The molecule has 0 unspecified atom stereocenters. The highest BCUT2D eigenvalue weighted by atomic mass is 19.4. The molecule has 0 aliphatic heterocycles. The molecule has 0 saturated heterocycles. The Balaban J connectivity index is 0.000000230. The van der Waals surface area contributed by atoms with Crippen molar-refractivity contribution in [3.8, 4) is 0 Å². The van der Waals surface area contributed by atoms with Gasteiger partial charge in [0.25, 0.3) is 0 Å². The monoisotopic (exact) mass is 584 g/mol. The molecular weight excluding hydrogens is 530 g/mol. The molecule has 4 rings (SSSR count). The molecule has 4 fully saturated rings. The van der Waals surface area contributed by atoms with Crippen LogP contribution in [0.3, 0.4) is 0 Å². The van der Waals surface area contributed by atoms with Crippen LogP contribution in [0.1, 0.15) is 117 Å². The van der Waals surface area contributed by atoms with Crippen molar-refractivity contribution in [1.29, 1.82) is 0 Å². The zero-order valence-electron chi connectivity index (χ0n) is 24.5. The Hall–Kier alpha value is -0.580. The third-order valence-corrected chi connectivity index (χ3v) is 11.4. The molecule has 4 nitrogen and oxygen atoms in total. The van der Waals surface area contributed by atoms with Gasteiger partial charge in [0.15, 0.2) is 5.41 Å². The normalized spacial score (nSPS) is 36.9. The molecule has 0 spiro atoms. The number of alkyl halides is 6. The Bertz CT molecular complexity index is 691. The average molecular weight is 585 g/mol. The summed E-state index contributed by atoms with van der Waals surface area (Å²) in [5, 5.41) is 0. The van der Waals surface area contributed by atoms with Crippen molar-refractivity contribution in [1.82, 2.24) is 0 Å². The molecular formula is C30H54F6N4. The lowest BCUT2D eigenvalue weighted by Gasteiger charge is -2.51. The van der Waals surface area contributed by atoms with Crippen molar-refractivity contribution in [3.63, 3.8) is 0 Å². The molecule has 236 valence electrons. The summed E-state index contributed by atoms with van der Waals surface area (Å²) in [4.78, 5) is 0. The summed E-state index contributed by atoms with van der Waals surface area (Å²) in [6, 6.07) is 0.346. The van der Waals surface area contributed by atoms with E-state index in [4.69, 9.17) is 22.9 Å². The van der Waals surface area contributed by atoms with Gasteiger partial charge >= 0.3 is 12.4 Å². The van der Waals surface area contributed by atoms with Crippen LogP contribution in [0, 0.1) is 34.5 Å². The summed E-state index contributed by atoms with van der Waals surface area (Å²) in [5.41, 5.74) is 20.3. The zero-order chi connectivity index (χ0) is 29.9. The lowest BCUT2D eigenvalue weighted by molar-refractivity contribution is -0.381. The smallest absolute Gasteiger partial charge is 0.328 e. The molecule has 4 aliphatic rings. The zero-order valence-corrected chi connectivity index (χ0v) is 24.5. The Labute approximate surface area is 237 Å². The van der Waals surface area contributed by atoms with Crippen LogP contribution in [-0.2, 0) is 0 Å². The Morgan fingerprint density at radius 3 is 0.775 bits per heavy atom. The van der Waals surface area contributed by atoms with Gasteiger partial charge in [0.1, 0.15) is 0 Å². The largest absolute Gasteiger partial charge is 0.403 e. The maximum Gasteiger partial charge on any atom is 0.403 e. The van der Waals surface area contributed by atoms with E-state index in [1.54, 1.807) is 0 Å². The fourth-order valence-corrected chi connectivity index (χ4v) is 8.63. The SMILES string of the molecule is CC(C)(C1CCC(N)CC1)C1CCC(N)CC1.NC1CCC(C(C2CCC(N)CC2)(C(F)(F)F)C(F)(F)F)CC1. The number of rotatable bonds is 4. The van der Waals surface area contributed by atoms with Crippen molar-refractivity contribution in [3.05, 3.63) is 0 Å². The fourth-order valence-electron chi connectivity index (χ4n) is 8.63. The topological polar surface area (TPSA) is 104 Å². The third-order valence-electron chi connectivity index (χ3n) is 11.4. The average Bonchev–Trinajstić information content (AvgIpc) is 2.86. The van der Waals surface area contributed by atoms with Crippen molar-refractivity contribution >= 4 is 0 Å². The second kappa shape index (κ2) is 13.4. The van der Waals surface area contributed by atoms with Gasteiger partial charge in [0.05, 0.1) is 0 Å². The number of halogens is 6. The molecule has 8 N–H and O–H groups in total. The maximum atomic E-state index is 13.9. The summed E-state index contributed by atoms with van der Waals surface area (Å²) in [7, 11) is 0. The van der Waals surface area contributed by atoms with Crippen molar-refractivity contribution in [2.75, 3.05) is 0 Å². The molecule has 4 aliphatic carbocycles. The van der Waals surface area contributed by atoms with Crippen LogP contribution in [0.25, 0.3) is 0 Å². The lowest BCUT2D eigenvalue weighted by Crippen LogP contribution is -2.61. The molecule has 4 saturated carbocycles. The van der Waals surface area contributed by atoms with Crippen LogP contribution in [0.15, 0.2) is 0 Å². The minimum atomic E-state index is -5.32. The first-order valence-corrected chi connectivity index (χ1v) is 15.7. The molecule has 0 aromatic carbocycles. The van der Waals surface area contributed by atoms with Gasteiger partial charge in [-0.2, -0.15) is 26.3 Å². The molecule has 0 atom stereocenters. The molecule has 0 aromatic heterocycles. The van der Waals surface area contributed by atoms with Crippen LogP contribution in [0.2, 0.25) is 0 Å². The highest BCUT2D eigenvalue weighted by Crippen LogP contribution is 2.64. The first-order chi connectivity index (χ1) is 18.5. The Kier molecular flexibility index (Phi) is 11.3. The van der Waals surface area contributed by atoms with Gasteiger partial charge in [0, 0.05) is 24.2 Å². The third kappa shape index (κ3) is 7.49. The number of hydrogen-bond acceptors (Lipinski definition) is 4. The van der Waals surface area contributed by atoms with Crippen LogP contribution >= 0.6 is 0 Å². The fraction of sp³-hybridized carbons (Fsp3) is 1.00. The predicted molar refractivity (Wildman–Crippen MR) is 148 cm³/mol. The van der Waals surface area contributed by atoms with E-state index in [2.05, 4.69) is 13.8 Å². The van der Waals surface area contributed by atoms with Gasteiger partial charge in [-0.3, -0.25) is 0 Å². The molecule has 10 heteroatoms. The van der Waals surface area contributed by atoms with E-state index >= 15 is 0 Å². The molecule has 0 bridgehead atoms. The van der Waals surface area contributed by atoms with Gasteiger partial charge < -0.3 is 22.9 Å². The summed E-state index contributed by atoms with van der Waals surface area (Å²) in [6.45, 7) is 4.99. The highest BCUT2D eigenvalue weighted by molar-refractivity contribution is 5.05. The van der Waals surface area contributed by atoms with Gasteiger partial charge in [-0.05, 0) is 132 Å². The van der Waals surface area contributed by atoms with E-state index in [1.807, 2.05) is 0 Å². The molecule has 0 radical (unpaired) electrons. The first-order valence-electron chi connectivity index (χ1n) is 15.7. The minimum absolute atomic E-state index is 0.122. The van der Waals surface area contributed by atoms with Crippen molar-refractivity contribution in [2.45, 2.75) is 153 Å². The molecule has 0 amide bonds. The molecule has 0 aromatic rings. The quantitative estimate of drug-likeness (QED) is 0.263. The van der Waals surface area contributed by atoms with Crippen LogP contribution < -0.4 is 22.9 Å². The van der Waals surface area contributed by atoms with Crippen LogP contribution in [-0.4, -0.2) is 36.5 Å². The maximum absolute atomic E-state index is 13.9. The van der Waals surface area contributed by atoms with E-state index in [-0.39, 0.29) is 63.5 Å². The number of hydrogen-bond donors (Lipinski definition) is 4.